The number of benzene rings is 1. The van der Waals surface area contributed by atoms with E-state index in [1.165, 1.54) is 11.6 Å². The number of nitrogens with one attached hydrogen (secondary N) is 2. The SMILES string of the molecule is CC(C)[C@H](Nc1ccc(C(F)(F)F)cc1Cl)C(=O)Nc1nncs1. The molecule has 1 aromatic carbocycles. The maximum Gasteiger partial charge on any atom is 0.416 e. The Morgan fingerprint density at radius 2 is 2.04 bits per heavy atom. The number of carbonyl (C=O) groups excluding carboxylic acids is 1. The highest BCUT2D eigenvalue weighted by Gasteiger charge is 2.31. The van der Waals surface area contributed by atoms with Gasteiger partial charge in [-0.15, -0.1) is 10.2 Å². The third kappa shape index (κ3) is 4.57. The second kappa shape index (κ2) is 7.35. The summed E-state index contributed by atoms with van der Waals surface area (Å²) in [6.45, 7) is 3.60. The fourth-order valence-electron chi connectivity index (χ4n) is 1.92. The van der Waals surface area contributed by atoms with E-state index in [0.717, 1.165) is 23.5 Å². The Kier molecular flexibility index (Phi) is 5.66. The van der Waals surface area contributed by atoms with Gasteiger partial charge in [-0.25, -0.2) is 0 Å². The number of halogens is 4. The number of amides is 1. The molecular weight excluding hydrogens is 365 g/mol. The first-order chi connectivity index (χ1) is 11.2. The largest absolute Gasteiger partial charge is 0.416 e. The second-order valence-electron chi connectivity index (χ2n) is 5.29. The number of alkyl halides is 3. The number of hydrogen-bond acceptors (Lipinski definition) is 5. The predicted molar refractivity (Wildman–Crippen MR) is 87.2 cm³/mol. The van der Waals surface area contributed by atoms with Crippen LogP contribution in [0.3, 0.4) is 0 Å². The van der Waals surface area contributed by atoms with Gasteiger partial charge in [0, 0.05) is 0 Å². The zero-order valence-corrected chi connectivity index (χ0v) is 14.3. The number of nitrogens with zero attached hydrogens (tertiary/aromatic N) is 2. The Hall–Kier alpha value is -1.87. The molecule has 2 aromatic rings. The Balaban J connectivity index is 2.17. The van der Waals surface area contributed by atoms with E-state index in [-0.39, 0.29) is 22.5 Å². The van der Waals surface area contributed by atoms with Crippen LogP contribution in [0.5, 0.6) is 0 Å². The molecule has 0 aliphatic carbocycles. The summed E-state index contributed by atoms with van der Waals surface area (Å²) < 4.78 is 38.0. The smallest absolute Gasteiger partial charge is 0.372 e. The van der Waals surface area contributed by atoms with E-state index in [4.69, 9.17) is 11.6 Å². The van der Waals surface area contributed by atoms with Crippen LogP contribution in [0, 0.1) is 5.92 Å². The summed E-state index contributed by atoms with van der Waals surface area (Å²) in [7, 11) is 0. The van der Waals surface area contributed by atoms with E-state index in [1.807, 2.05) is 0 Å². The number of aromatic nitrogens is 2. The molecule has 130 valence electrons. The minimum atomic E-state index is -4.48. The van der Waals surface area contributed by atoms with Crippen molar-refractivity contribution >= 4 is 39.7 Å². The van der Waals surface area contributed by atoms with Gasteiger partial charge >= 0.3 is 6.18 Å². The Bertz CT molecular complexity index is 707. The van der Waals surface area contributed by atoms with E-state index in [9.17, 15) is 18.0 Å². The van der Waals surface area contributed by atoms with Crippen molar-refractivity contribution < 1.29 is 18.0 Å². The molecule has 0 fully saturated rings. The van der Waals surface area contributed by atoms with Gasteiger partial charge in [-0.3, -0.25) is 10.1 Å². The first-order valence-corrected chi connectivity index (χ1v) is 8.14. The van der Waals surface area contributed by atoms with Gasteiger partial charge in [-0.05, 0) is 24.1 Å². The van der Waals surface area contributed by atoms with Gasteiger partial charge in [0.1, 0.15) is 11.6 Å². The minimum absolute atomic E-state index is 0.112. The summed E-state index contributed by atoms with van der Waals surface area (Å²) >= 11 is 7.08. The van der Waals surface area contributed by atoms with Gasteiger partial charge in [0.05, 0.1) is 16.3 Å². The molecule has 2 rings (SSSR count). The first kappa shape index (κ1) is 18.5. The summed E-state index contributed by atoms with van der Waals surface area (Å²) in [4.78, 5) is 12.3. The molecule has 0 aliphatic rings. The van der Waals surface area contributed by atoms with Crippen molar-refractivity contribution in [3.63, 3.8) is 0 Å². The molecule has 10 heteroatoms. The van der Waals surface area contributed by atoms with Gasteiger partial charge in [0.2, 0.25) is 11.0 Å². The molecule has 2 N–H and O–H groups in total. The predicted octanol–water partition coefficient (Wildman–Crippen LogP) is 4.29. The molecule has 1 amide bonds. The van der Waals surface area contributed by atoms with Crippen molar-refractivity contribution in [2.45, 2.75) is 26.1 Å². The van der Waals surface area contributed by atoms with Crippen molar-refractivity contribution in [3.8, 4) is 0 Å². The van der Waals surface area contributed by atoms with Gasteiger partial charge in [0.15, 0.2) is 0 Å². The summed E-state index contributed by atoms with van der Waals surface area (Å²) in [6, 6.07) is 2.24. The molecule has 0 spiro atoms. The van der Waals surface area contributed by atoms with Gasteiger partial charge in [-0.1, -0.05) is 36.8 Å². The molecule has 0 aliphatic heterocycles. The molecule has 0 saturated heterocycles. The van der Waals surface area contributed by atoms with Crippen LogP contribution in [0.25, 0.3) is 0 Å². The number of anilines is 2. The van der Waals surface area contributed by atoms with E-state index in [2.05, 4.69) is 20.8 Å². The van der Waals surface area contributed by atoms with Crippen molar-refractivity contribution in [1.82, 2.24) is 10.2 Å². The van der Waals surface area contributed by atoms with Gasteiger partial charge in [0.25, 0.3) is 0 Å². The van der Waals surface area contributed by atoms with Crippen molar-refractivity contribution in [1.29, 1.82) is 0 Å². The molecule has 24 heavy (non-hydrogen) atoms. The zero-order valence-electron chi connectivity index (χ0n) is 12.7. The summed E-state index contributed by atoms with van der Waals surface area (Å²) in [5, 5.41) is 13.0. The normalized spacial score (nSPS) is 13.0. The van der Waals surface area contributed by atoms with Crippen LogP contribution in [0.2, 0.25) is 5.02 Å². The molecule has 0 bridgehead atoms. The monoisotopic (exact) mass is 378 g/mol. The van der Waals surface area contributed by atoms with Crippen LogP contribution in [-0.4, -0.2) is 22.1 Å². The third-order valence-corrected chi connectivity index (χ3v) is 4.07. The van der Waals surface area contributed by atoms with Crippen LogP contribution >= 0.6 is 22.9 Å². The quantitative estimate of drug-likeness (QED) is 0.814. The van der Waals surface area contributed by atoms with Crippen molar-refractivity contribution in [2.24, 2.45) is 5.92 Å². The lowest BCUT2D eigenvalue weighted by Gasteiger charge is -2.23. The van der Waals surface area contributed by atoms with Crippen molar-refractivity contribution in [3.05, 3.63) is 34.3 Å². The molecule has 0 saturated carbocycles. The maximum absolute atomic E-state index is 12.7. The lowest BCUT2D eigenvalue weighted by Crippen LogP contribution is -2.39. The van der Waals surface area contributed by atoms with E-state index in [0.29, 0.717) is 5.13 Å². The minimum Gasteiger partial charge on any atom is -0.372 e. The highest BCUT2D eigenvalue weighted by Crippen LogP contribution is 2.34. The van der Waals surface area contributed by atoms with Gasteiger partial charge < -0.3 is 5.32 Å². The topological polar surface area (TPSA) is 66.9 Å². The molecule has 0 unspecified atom stereocenters. The maximum atomic E-state index is 12.7. The summed E-state index contributed by atoms with van der Waals surface area (Å²) in [6.07, 6.45) is -4.48. The summed E-state index contributed by atoms with van der Waals surface area (Å²) in [5.74, 6) is -0.519. The highest BCUT2D eigenvalue weighted by atomic mass is 35.5. The van der Waals surface area contributed by atoms with Crippen LogP contribution in [0.1, 0.15) is 19.4 Å². The zero-order chi connectivity index (χ0) is 17.9. The molecule has 5 nitrogen and oxygen atoms in total. The number of rotatable bonds is 5. The molecule has 0 radical (unpaired) electrons. The Morgan fingerprint density at radius 1 is 1.33 bits per heavy atom. The first-order valence-electron chi connectivity index (χ1n) is 6.89. The van der Waals surface area contributed by atoms with E-state index >= 15 is 0 Å². The molecule has 1 atom stereocenters. The lowest BCUT2D eigenvalue weighted by molar-refractivity contribution is -0.137. The molecule has 1 aromatic heterocycles. The second-order valence-corrected chi connectivity index (χ2v) is 6.53. The van der Waals surface area contributed by atoms with Crippen LogP contribution < -0.4 is 10.6 Å². The average Bonchev–Trinajstić information content (AvgIpc) is 2.97. The van der Waals surface area contributed by atoms with E-state index < -0.39 is 17.8 Å². The molecule has 1 heterocycles. The fraction of sp³-hybridized carbons (Fsp3) is 0.357. The lowest BCUT2D eigenvalue weighted by atomic mass is 10.0. The third-order valence-electron chi connectivity index (χ3n) is 3.15. The summed E-state index contributed by atoms with van der Waals surface area (Å²) in [5.41, 5.74) is 0.869. The average molecular weight is 379 g/mol. The van der Waals surface area contributed by atoms with Gasteiger partial charge in [-0.2, -0.15) is 13.2 Å². The van der Waals surface area contributed by atoms with Crippen molar-refractivity contribution in [2.75, 3.05) is 10.6 Å². The molecular formula is C14H14ClF3N4OS. The van der Waals surface area contributed by atoms with Crippen LogP contribution in [0.15, 0.2) is 23.7 Å². The number of hydrogen-bond donors (Lipinski definition) is 2. The standard InChI is InChI=1S/C14H14ClF3N4OS/c1-7(2)11(12(23)21-13-22-19-6-24-13)20-10-4-3-8(5-9(10)15)14(16,17)18/h3-7,11,20H,1-2H3,(H,21,22,23)/t11-/m0/s1. The van der Waals surface area contributed by atoms with Crippen LogP contribution in [-0.2, 0) is 11.0 Å². The van der Waals surface area contributed by atoms with E-state index in [1.54, 1.807) is 13.8 Å². The Labute approximate surface area is 145 Å². The number of carbonyl (C=O) groups is 1. The Morgan fingerprint density at radius 3 is 2.54 bits per heavy atom. The highest BCUT2D eigenvalue weighted by molar-refractivity contribution is 7.13. The van der Waals surface area contributed by atoms with Crippen LogP contribution in [0.4, 0.5) is 24.0 Å². The fourth-order valence-corrected chi connectivity index (χ4v) is 2.60.